The second-order valence-electron chi connectivity index (χ2n) is 8.03. The number of likely N-dealkylation sites (N-methyl/N-ethyl adjacent to an activating group) is 1. The predicted octanol–water partition coefficient (Wildman–Crippen LogP) is 5.38. The Labute approximate surface area is 210 Å². The van der Waals surface area contributed by atoms with Crippen molar-refractivity contribution < 1.29 is 14.3 Å². The van der Waals surface area contributed by atoms with Crippen LogP contribution < -0.4 is 10.1 Å². The smallest absolute Gasteiger partial charge is 0.261 e. The molecule has 3 aromatic rings. The summed E-state index contributed by atoms with van der Waals surface area (Å²) in [5, 5.41) is 3.54. The zero-order chi connectivity index (χ0) is 24.7. The monoisotopic (exact) mass is 498 g/mol. The molecule has 0 aliphatic carbocycles. The molecule has 0 radical (unpaired) electrons. The number of aryl methyl sites for hydroxylation is 1. The van der Waals surface area contributed by atoms with Gasteiger partial charge in [0, 0.05) is 35.6 Å². The number of ether oxygens (including phenoxy) is 1. The number of benzene rings is 3. The summed E-state index contributed by atoms with van der Waals surface area (Å²) >= 11 is 12.8. The van der Waals surface area contributed by atoms with Crippen LogP contribution in [0.1, 0.15) is 22.3 Å². The first kappa shape index (κ1) is 25.6. The second kappa shape index (κ2) is 11.9. The van der Waals surface area contributed by atoms with Crippen LogP contribution in [-0.2, 0) is 22.6 Å². The van der Waals surface area contributed by atoms with Crippen molar-refractivity contribution in [2.24, 2.45) is 0 Å². The minimum absolute atomic E-state index is 0.0679. The molecule has 1 unspecified atom stereocenters. The van der Waals surface area contributed by atoms with Gasteiger partial charge in [-0.3, -0.25) is 9.59 Å². The second-order valence-corrected chi connectivity index (χ2v) is 8.84. The SMILES string of the molecule is CNC(=O)C(Cc1ccccc1)N(Cc1c(Cl)cccc1Cl)C(=O)COc1cccc(C)c1C. The Kier molecular flexibility index (Phi) is 8.97. The van der Waals surface area contributed by atoms with Crippen LogP contribution in [0.25, 0.3) is 0 Å². The molecule has 7 heteroatoms. The number of rotatable bonds is 9. The topological polar surface area (TPSA) is 58.6 Å². The molecular weight excluding hydrogens is 471 g/mol. The molecule has 0 aliphatic heterocycles. The average molecular weight is 499 g/mol. The zero-order valence-corrected chi connectivity index (χ0v) is 21.0. The number of carbonyl (C=O) groups excluding carboxylic acids is 2. The number of amides is 2. The number of hydrogen-bond donors (Lipinski definition) is 1. The van der Waals surface area contributed by atoms with E-state index in [0.717, 1.165) is 16.7 Å². The van der Waals surface area contributed by atoms with Crippen molar-refractivity contribution in [3.05, 3.63) is 99.0 Å². The van der Waals surface area contributed by atoms with Gasteiger partial charge in [0.05, 0.1) is 0 Å². The van der Waals surface area contributed by atoms with Gasteiger partial charge in [0.2, 0.25) is 5.91 Å². The highest BCUT2D eigenvalue weighted by atomic mass is 35.5. The van der Waals surface area contributed by atoms with Gasteiger partial charge in [-0.05, 0) is 48.7 Å². The summed E-state index contributed by atoms with van der Waals surface area (Å²) in [5.41, 5.74) is 3.53. The first-order valence-corrected chi connectivity index (χ1v) is 11.7. The fourth-order valence-corrected chi connectivity index (χ4v) is 4.19. The van der Waals surface area contributed by atoms with Gasteiger partial charge < -0.3 is 15.0 Å². The highest BCUT2D eigenvalue weighted by Gasteiger charge is 2.31. The van der Waals surface area contributed by atoms with Crippen LogP contribution in [0, 0.1) is 13.8 Å². The third kappa shape index (κ3) is 6.31. The molecular formula is C27H28Cl2N2O3. The Balaban J connectivity index is 1.94. The van der Waals surface area contributed by atoms with E-state index in [9.17, 15) is 9.59 Å². The van der Waals surface area contributed by atoms with E-state index < -0.39 is 6.04 Å². The van der Waals surface area contributed by atoms with Crippen molar-refractivity contribution in [2.75, 3.05) is 13.7 Å². The van der Waals surface area contributed by atoms with Gasteiger partial charge in [0.15, 0.2) is 6.61 Å². The maximum atomic E-state index is 13.5. The fraction of sp³-hybridized carbons (Fsp3) is 0.259. The molecule has 0 aliphatic rings. The molecule has 0 fully saturated rings. The standard InChI is InChI=1S/C27H28Cl2N2O3/c1-18-9-7-14-25(19(18)2)34-17-26(32)31(16-21-22(28)12-8-13-23(21)29)24(27(33)30-3)15-20-10-5-4-6-11-20/h4-14,24H,15-17H2,1-3H3,(H,30,33). The van der Waals surface area contributed by atoms with Crippen LogP contribution in [0.15, 0.2) is 66.7 Å². The lowest BCUT2D eigenvalue weighted by molar-refractivity contribution is -0.142. The fourth-order valence-electron chi connectivity index (χ4n) is 3.68. The van der Waals surface area contributed by atoms with E-state index in [4.69, 9.17) is 27.9 Å². The third-order valence-electron chi connectivity index (χ3n) is 5.81. The lowest BCUT2D eigenvalue weighted by Gasteiger charge is -2.31. The Morgan fingerprint density at radius 1 is 0.941 bits per heavy atom. The van der Waals surface area contributed by atoms with E-state index in [1.807, 2.05) is 62.4 Å². The molecule has 0 heterocycles. The quantitative estimate of drug-likeness (QED) is 0.431. The Bertz CT molecular complexity index is 1130. The van der Waals surface area contributed by atoms with Crippen molar-refractivity contribution in [3.63, 3.8) is 0 Å². The summed E-state index contributed by atoms with van der Waals surface area (Å²) in [6.07, 6.45) is 0.331. The number of carbonyl (C=O) groups is 2. The van der Waals surface area contributed by atoms with Crippen molar-refractivity contribution in [3.8, 4) is 5.75 Å². The Morgan fingerprint density at radius 2 is 1.59 bits per heavy atom. The lowest BCUT2D eigenvalue weighted by Crippen LogP contribution is -2.51. The summed E-state index contributed by atoms with van der Waals surface area (Å²) in [6.45, 7) is 3.77. The van der Waals surface area contributed by atoms with E-state index in [1.165, 1.54) is 4.90 Å². The minimum atomic E-state index is -0.783. The summed E-state index contributed by atoms with van der Waals surface area (Å²) < 4.78 is 5.88. The predicted molar refractivity (Wildman–Crippen MR) is 136 cm³/mol. The summed E-state index contributed by atoms with van der Waals surface area (Å²) in [4.78, 5) is 28.0. The minimum Gasteiger partial charge on any atom is -0.483 e. The van der Waals surface area contributed by atoms with Crippen LogP contribution in [0.2, 0.25) is 10.0 Å². The van der Waals surface area contributed by atoms with Gasteiger partial charge in [0.1, 0.15) is 11.8 Å². The van der Waals surface area contributed by atoms with Gasteiger partial charge in [0.25, 0.3) is 5.91 Å². The van der Waals surface area contributed by atoms with Gasteiger partial charge in [-0.15, -0.1) is 0 Å². The number of halogens is 2. The molecule has 3 rings (SSSR count). The molecule has 3 aromatic carbocycles. The molecule has 1 N–H and O–H groups in total. The van der Waals surface area contributed by atoms with Gasteiger partial charge in [-0.25, -0.2) is 0 Å². The highest BCUT2D eigenvalue weighted by Crippen LogP contribution is 2.27. The lowest BCUT2D eigenvalue weighted by atomic mass is 10.0. The van der Waals surface area contributed by atoms with Crippen molar-refractivity contribution in [1.29, 1.82) is 0 Å². The number of hydrogen-bond acceptors (Lipinski definition) is 3. The van der Waals surface area contributed by atoms with Gasteiger partial charge in [-0.1, -0.05) is 71.7 Å². The van der Waals surface area contributed by atoms with Gasteiger partial charge >= 0.3 is 0 Å². The summed E-state index contributed by atoms with van der Waals surface area (Å²) in [7, 11) is 1.55. The van der Waals surface area contributed by atoms with Crippen molar-refractivity contribution in [2.45, 2.75) is 32.9 Å². The molecule has 2 amide bonds. The third-order valence-corrected chi connectivity index (χ3v) is 6.52. The van der Waals surface area contributed by atoms with E-state index >= 15 is 0 Å². The number of nitrogens with zero attached hydrogens (tertiary/aromatic N) is 1. The van der Waals surface area contributed by atoms with E-state index in [-0.39, 0.29) is 25.0 Å². The summed E-state index contributed by atoms with van der Waals surface area (Å²) in [5.74, 6) is -0.00262. The first-order valence-electron chi connectivity index (χ1n) is 11.0. The molecule has 0 aromatic heterocycles. The first-order chi connectivity index (χ1) is 16.3. The Morgan fingerprint density at radius 3 is 2.24 bits per heavy atom. The Hall–Kier alpha value is -3.02. The van der Waals surface area contributed by atoms with Crippen LogP contribution in [-0.4, -0.2) is 36.4 Å². The molecule has 0 spiro atoms. The molecule has 0 saturated heterocycles. The van der Waals surface area contributed by atoms with E-state index in [2.05, 4.69) is 5.32 Å². The summed E-state index contributed by atoms with van der Waals surface area (Å²) in [6, 6.07) is 19.6. The molecule has 0 bridgehead atoms. The number of nitrogens with one attached hydrogen (secondary N) is 1. The average Bonchev–Trinajstić information content (AvgIpc) is 2.83. The molecule has 1 atom stereocenters. The van der Waals surface area contributed by atoms with Crippen molar-refractivity contribution >= 4 is 35.0 Å². The van der Waals surface area contributed by atoms with Crippen LogP contribution in [0.5, 0.6) is 5.75 Å². The molecule has 34 heavy (non-hydrogen) atoms. The van der Waals surface area contributed by atoms with Crippen LogP contribution in [0.3, 0.4) is 0 Å². The normalized spacial score (nSPS) is 11.6. The zero-order valence-electron chi connectivity index (χ0n) is 19.5. The maximum Gasteiger partial charge on any atom is 0.261 e. The van der Waals surface area contributed by atoms with Crippen molar-refractivity contribution in [1.82, 2.24) is 10.2 Å². The van der Waals surface area contributed by atoms with Crippen LogP contribution >= 0.6 is 23.2 Å². The highest BCUT2D eigenvalue weighted by molar-refractivity contribution is 6.36. The molecule has 0 saturated carbocycles. The van der Waals surface area contributed by atoms with Crippen LogP contribution in [0.4, 0.5) is 0 Å². The molecule has 5 nitrogen and oxygen atoms in total. The van der Waals surface area contributed by atoms with Gasteiger partial charge in [-0.2, -0.15) is 0 Å². The van der Waals surface area contributed by atoms with E-state index in [1.54, 1.807) is 25.2 Å². The largest absolute Gasteiger partial charge is 0.483 e. The maximum absolute atomic E-state index is 13.5. The van der Waals surface area contributed by atoms with E-state index in [0.29, 0.717) is 27.8 Å². The molecule has 178 valence electrons.